The van der Waals surface area contributed by atoms with Crippen LogP contribution in [0.5, 0.6) is 0 Å². The van der Waals surface area contributed by atoms with Gasteiger partial charge in [-0.25, -0.2) is 8.78 Å². The van der Waals surface area contributed by atoms with Gasteiger partial charge in [0.15, 0.2) is 0 Å². The molecule has 0 spiro atoms. The minimum Gasteiger partial charge on any atom is -0.376 e. The third-order valence-corrected chi connectivity index (χ3v) is 3.25. The predicted octanol–water partition coefficient (Wildman–Crippen LogP) is 3.28. The fourth-order valence-electron chi connectivity index (χ4n) is 2.38. The van der Waals surface area contributed by atoms with Gasteiger partial charge in [0.2, 0.25) is 0 Å². The molecule has 1 heterocycles. The molecule has 2 aromatic carbocycles. The highest BCUT2D eigenvalue weighted by Crippen LogP contribution is 2.31. The zero-order valence-corrected chi connectivity index (χ0v) is 11.3. The van der Waals surface area contributed by atoms with Crippen molar-refractivity contribution in [3.05, 3.63) is 59.2 Å². The van der Waals surface area contributed by atoms with Crippen LogP contribution in [0.25, 0.3) is 11.1 Å². The van der Waals surface area contributed by atoms with Gasteiger partial charge in [-0.15, -0.1) is 0 Å². The molecule has 2 nitrogen and oxygen atoms in total. The Morgan fingerprint density at radius 2 is 1.85 bits per heavy atom. The molecule has 1 aliphatic rings. The monoisotopic (exact) mass is 277 g/mol. The number of halogens is 2. The van der Waals surface area contributed by atoms with Crippen molar-refractivity contribution in [3.8, 4) is 11.1 Å². The molecule has 0 aliphatic carbocycles. The van der Waals surface area contributed by atoms with E-state index in [0.717, 1.165) is 29.2 Å². The van der Waals surface area contributed by atoms with Gasteiger partial charge in [-0.1, -0.05) is 18.2 Å². The van der Waals surface area contributed by atoms with Gasteiger partial charge in [0.05, 0.1) is 13.2 Å². The van der Waals surface area contributed by atoms with E-state index in [-0.39, 0.29) is 0 Å². The summed E-state index contributed by atoms with van der Waals surface area (Å²) < 4.78 is 32.2. The highest BCUT2D eigenvalue weighted by Gasteiger charge is 2.16. The average molecular weight is 277 g/mol. The normalized spacial score (nSPS) is 13.2. The van der Waals surface area contributed by atoms with Crippen LogP contribution in [-0.2, 0) is 17.8 Å². The number of hydrogen-bond acceptors (Lipinski definition) is 2. The number of fused-ring (bicyclic) bond motifs is 1. The lowest BCUT2D eigenvalue weighted by atomic mass is 9.92. The molecule has 4 heteroatoms. The van der Waals surface area contributed by atoms with E-state index >= 15 is 0 Å². The highest BCUT2D eigenvalue weighted by molar-refractivity contribution is 5.69. The Morgan fingerprint density at radius 1 is 1.05 bits per heavy atom. The first-order chi connectivity index (χ1) is 9.75. The van der Waals surface area contributed by atoms with Crippen LogP contribution in [0.1, 0.15) is 11.1 Å². The number of hydrogen-bond donors (Lipinski definition) is 1. The van der Waals surface area contributed by atoms with E-state index in [1.807, 2.05) is 18.2 Å². The summed E-state index contributed by atoms with van der Waals surface area (Å²) in [6, 6.07) is 9.45. The van der Waals surface area contributed by atoms with Crippen LogP contribution in [0, 0.1) is 11.6 Å². The van der Waals surface area contributed by atoms with Crippen LogP contribution in [-0.4, -0.2) is 13.7 Å². The smallest absolute Gasteiger partial charge is 0.133 e. The van der Waals surface area contributed by atoms with Gasteiger partial charge >= 0.3 is 0 Å². The van der Waals surface area contributed by atoms with Gasteiger partial charge in [0.25, 0.3) is 0 Å². The molecular weight excluding hydrogens is 260 g/mol. The van der Waals surface area contributed by atoms with Crippen molar-refractivity contribution in [3.63, 3.8) is 0 Å². The third kappa shape index (κ3) is 2.86. The maximum Gasteiger partial charge on any atom is 0.133 e. The average Bonchev–Trinajstić information content (AvgIpc) is 2.49. The Labute approximate surface area is 117 Å². The molecule has 0 aromatic heterocycles. The molecule has 2 N–H and O–H groups in total. The largest absolute Gasteiger partial charge is 0.376 e. The molecule has 20 heavy (non-hydrogen) atoms. The van der Waals surface area contributed by atoms with Gasteiger partial charge in [-0.3, -0.25) is 0 Å². The Balaban J connectivity index is 0.000000704. The van der Waals surface area contributed by atoms with Crippen LogP contribution in [0.2, 0.25) is 0 Å². The predicted molar refractivity (Wildman–Crippen MR) is 75.3 cm³/mol. The van der Waals surface area contributed by atoms with E-state index in [4.69, 9.17) is 4.74 Å². The van der Waals surface area contributed by atoms with Gasteiger partial charge in [0.1, 0.15) is 11.6 Å². The minimum atomic E-state index is -0.551. The van der Waals surface area contributed by atoms with E-state index in [9.17, 15) is 8.78 Å². The van der Waals surface area contributed by atoms with Crippen LogP contribution in [0.15, 0.2) is 36.4 Å². The highest BCUT2D eigenvalue weighted by atomic mass is 19.1. The molecule has 1 aliphatic heterocycles. The molecule has 0 bridgehead atoms. The van der Waals surface area contributed by atoms with E-state index in [2.05, 4.69) is 5.73 Å². The summed E-state index contributed by atoms with van der Waals surface area (Å²) in [5, 5.41) is 0. The van der Waals surface area contributed by atoms with E-state index in [0.29, 0.717) is 18.8 Å². The molecule has 0 unspecified atom stereocenters. The number of benzene rings is 2. The zero-order valence-electron chi connectivity index (χ0n) is 11.3. The van der Waals surface area contributed by atoms with Crippen molar-refractivity contribution in [1.29, 1.82) is 0 Å². The SMILES string of the molecule is CN.Fc1ccc(-c2cccc3c2CCOC3)c(F)c1. The Bertz CT molecular complexity index is 599. The van der Waals surface area contributed by atoms with E-state index in [1.54, 1.807) is 0 Å². The Kier molecular flexibility index (Phi) is 4.82. The minimum absolute atomic E-state index is 0.454. The second-order valence-electron chi connectivity index (χ2n) is 4.37. The maximum absolute atomic E-state index is 13.8. The lowest BCUT2D eigenvalue weighted by molar-refractivity contribution is 0.111. The fourth-order valence-corrected chi connectivity index (χ4v) is 2.38. The zero-order chi connectivity index (χ0) is 14.5. The van der Waals surface area contributed by atoms with Gasteiger partial charge in [-0.2, -0.15) is 0 Å². The summed E-state index contributed by atoms with van der Waals surface area (Å²) in [5.74, 6) is -1.07. The van der Waals surface area contributed by atoms with Crippen molar-refractivity contribution in [2.75, 3.05) is 13.7 Å². The third-order valence-electron chi connectivity index (χ3n) is 3.25. The second kappa shape index (κ2) is 6.59. The summed E-state index contributed by atoms with van der Waals surface area (Å²) >= 11 is 0. The number of rotatable bonds is 1. The summed E-state index contributed by atoms with van der Waals surface area (Å²) in [6.45, 7) is 1.21. The van der Waals surface area contributed by atoms with Crippen molar-refractivity contribution in [2.45, 2.75) is 13.0 Å². The molecular formula is C16H17F2NO. The molecule has 3 rings (SSSR count). The second-order valence-corrected chi connectivity index (χ2v) is 4.37. The van der Waals surface area contributed by atoms with E-state index in [1.165, 1.54) is 19.2 Å². The summed E-state index contributed by atoms with van der Waals surface area (Å²) in [5.41, 5.74) is 7.99. The van der Waals surface area contributed by atoms with Crippen LogP contribution in [0.3, 0.4) is 0 Å². The van der Waals surface area contributed by atoms with Crippen LogP contribution in [0.4, 0.5) is 8.78 Å². The van der Waals surface area contributed by atoms with Crippen molar-refractivity contribution >= 4 is 0 Å². The fraction of sp³-hybridized carbons (Fsp3) is 0.250. The Morgan fingerprint density at radius 3 is 2.60 bits per heavy atom. The molecule has 0 fully saturated rings. The molecule has 0 atom stereocenters. The quantitative estimate of drug-likeness (QED) is 0.868. The van der Waals surface area contributed by atoms with E-state index < -0.39 is 11.6 Å². The molecule has 0 radical (unpaired) electrons. The first kappa shape index (κ1) is 14.6. The lowest BCUT2D eigenvalue weighted by Crippen LogP contribution is -2.11. The van der Waals surface area contributed by atoms with Crippen LogP contribution < -0.4 is 5.73 Å². The number of nitrogens with two attached hydrogens (primary N) is 1. The van der Waals surface area contributed by atoms with Crippen molar-refractivity contribution in [2.24, 2.45) is 5.73 Å². The van der Waals surface area contributed by atoms with Gasteiger partial charge in [-0.05, 0) is 42.3 Å². The summed E-state index contributed by atoms with van der Waals surface area (Å²) in [7, 11) is 1.50. The molecule has 0 saturated heterocycles. The van der Waals surface area contributed by atoms with Crippen molar-refractivity contribution < 1.29 is 13.5 Å². The number of ether oxygens (including phenoxy) is 1. The Hall–Kier alpha value is -1.78. The molecule has 106 valence electrons. The van der Waals surface area contributed by atoms with Crippen molar-refractivity contribution in [1.82, 2.24) is 0 Å². The molecule has 0 amide bonds. The molecule has 0 saturated carbocycles. The first-order valence-corrected chi connectivity index (χ1v) is 6.47. The lowest BCUT2D eigenvalue weighted by Gasteiger charge is -2.20. The summed E-state index contributed by atoms with van der Waals surface area (Å²) in [6.07, 6.45) is 0.766. The first-order valence-electron chi connectivity index (χ1n) is 6.47. The maximum atomic E-state index is 13.8. The standard InChI is InChI=1S/C15H12F2O.CH5N/c16-11-4-5-14(15(17)8-11)13-3-1-2-10-9-18-7-6-12(10)13;1-2/h1-5,8H,6-7,9H2;2H2,1H3. The topological polar surface area (TPSA) is 35.2 Å². The molecule has 2 aromatic rings. The summed E-state index contributed by atoms with van der Waals surface area (Å²) in [4.78, 5) is 0. The van der Waals surface area contributed by atoms with Crippen LogP contribution >= 0.6 is 0 Å². The van der Waals surface area contributed by atoms with Gasteiger partial charge < -0.3 is 10.5 Å². The van der Waals surface area contributed by atoms with Gasteiger partial charge in [0, 0.05) is 11.6 Å².